The van der Waals surface area contributed by atoms with Crippen LogP contribution in [0, 0.1) is 6.92 Å². The van der Waals surface area contributed by atoms with Crippen molar-refractivity contribution in [3.8, 4) is 0 Å². The zero-order valence-electron chi connectivity index (χ0n) is 9.31. The maximum atomic E-state index is 12.0. The quantitative estimate of drug-likeness (QED) is 0.755. The number of nitrogens with zero attached hydrogens (tertiary/aromatic N) is 2. The summed E-state index contributed by atoms with van der Waals surface area (Å²) in [7, 11) is 0. The van der Waals surface area contributed by atoms with Crippen molar-refractivity contribution in [2.45, 2.75) is 13.5 Å². The fourth-order valence-corrected chi connectivity index (χ4v) is 4.25. The number of halogens is 2. The van der Waals surface area contributed by atoms with Gasteiger partial charge in [-0.3, -0.25) is 9.59 Å². The number of aryl methyl sites for hydroxylation is 1. The van der Waals surface area contributed by atoms with Gasteiger partial charge in [0.15, 0.2) is 5.78 Å². The highest BCUT2D eigenvalue weighted by Crippen LogP contribution is 2.32. The number of rotatable bonds is 3. The van der Waals surface area contributed by atoms with E-state index >= 15 is 0 Å². The van der Waals surface area contributed by atoms with E-state index in [4.69, 9.17) is 0 Å². The highest BCUT2D eigenvalue weighted by Gasteiger charge is 2.15. The Balaban J connectivity index is 2.27. The molecule has 0 aliphatic heterocycles. The minimum absolute atomic E-state index is 0.0547. The lowest BCUT2D eigenvalue weighted by molar-refractivity contribution is 0.0965. The van der Waals surface area contributed by atoms with Crippen molar-refractivity contribution in [2.75, 3.05) is 0 Å². The third-order valence-electron chi connectivity index (χ3n) is 2.26. The van der Waals surface area contributed by atoms with Gasteiger partial charge in [0.1, 0.15) is 6.54 Å². The van der Waals surface area contributed by atoms with Crippen LogP contribution in [0.25, 0.3) is 0 Å². The number of hydrogen-bond acceptors (Lipinski definition) is 4. The first kappa shape index (κ1) is 13.6. The number of ketones is 1. The van der Waals surface area contributed by atoms with Crippen molar-refractivity contribution in [1.29, 1.82) is 0 Å². The van der Waals surface area contributed by atoms with Gasteiger partial charge in [0, 0.05) is 11.6 Å². The normalized spacial score (nSPS) is 10.6. The molecule has 0 unspecified atom stereocenters. The Labute approximate surface area is 124 Å². The van der Waals surface area contributed by atoms with Crippen LogP contribution in [0.3, 0.4) is 0 Å². The molecule has 0 N–H and O–H groups in total. The zero-order valence-corrected chi connectivity index (χ0v) is 13.3. The van der Waals surface area contributed by atoms with Gasteiger partial charge >= 0.3 is 0 Å². The average Bonchev–Trinajstić information content (AvgIpc) is 2.62. The van der Waals surface area contributed by atoms with Crippen LogP contribution in [-0.4, -0.2) is 15.6 Å². The summed E-state index contributed by atoms with van der Waals surface area (Å²) in [5.74, 6) is -0.151. The maximum Gasteiger partial charge on any atom is 0.267 e. The third kappa shape index (κ3) is 2.96. The molecule has 0 radical (unpaired) electrons. The number of Topliss-reactive ketones (excluding diaryl/α,β-unsaturated/α-hetero) is 1. The fraction of sp³-hybridized carbons (Fsp3) is 0.182. The summed E-state index contributed by atoms with van der Waals surface area (Å²) in [6.07, 6.45) is 1.56. The lowest BCUT2D eigenvalue weighted by Gasteiger charge is -2.03. The number of thiophene rings is 1. The van der Waals surface area contributed by atoms with E-state index in [1.807, 2.05) is 0 Å². The van der Waals surface area contributed by atoms with E-state index in [0.717, 1.165) is 17.8 Å². The molecule has 0 atom stereocenters. The lowest BCUT2D eigenvalue weighted by Crippen LogP contribution is -2.26. The summed E-state index contributed by atoms with van der Waals surface area (Å²) in [4.78, 5) is 23.7. The van der Waals surface area contributed by atoms with Crippen molar-refractivity contribution >= 4 is 49.0 Å². The van der Waals surface area contributed by atoms with E-state index in [1.165, 1.54) is 17.4 Å². The molecule has 0 spiro atoms. The molecule has 0 amide bonds. The van der Waals surface area contributed by atoms with E-state index in [2.05, 4.69) is 37.0 Å². The predicted octanol–water partition coefficient (Wildman–Crippen LogP) is 3.02. The molecular weight excluding hydrogens is 384 g/mol. The minimum Gasteiger partial charge on any atom is -0.292 e. The summed E-state index contributed by atoms with van der Waals surface area (Å²) < 4.78 is 2.77. The summed E-state index contributed by atoms with van der Waals surface area (Å²) in [6.45, 7) is 1.73. The van der Waals surface area contributed by atoms with Crippen LogP contribution in [-0.2, 0) is 6.54 Å². The molecule has 94 valence electrons. The van der Waals surface area contributed by atoms with Crippen molar-refractivity contribution in [3.63, 3.8) is 0 Å². The van der Waals surface area contributed by atoms with Crippen LogP contribution >= 0.6 is 43.2 Å². The maximum absolute atomic E-state index is 12.0. The minimum atomic E-state index is -0.270. The van der Waals surface area contributed by atoms with Gasteiger partial charge in [0.05, 0.1) is 13.8 Å². The largest absolute Gasteiger partial charge is 0.292 e. The molecule has 2 aromatic rings. The van der Waals surface area contributed by atoms with Crippen LogP contribution in [0.1, 0.15) is 15.9 Å². The van der Waals surface area contributed by atoms with Crippen LogP contribution in [0.2, 0.25) is 0 Å². The average molecular weight is 392 g/mol. The van der Waals surface area contributed by atoms with Gasteiger partial charge in [-0.15, -0.1) is 11.3 Å². The molecule has 0 fully saturated rings. The zero-order chi connectivity index (χ0) is 13.3. The summed E-state index contributed by atoms with van der Waals surface area (Å²) in [5.41, 5.74) is 1.07. The summed E-state index contributed by atoms with van der Waals surface area (Å²) in [6, 6.07) is 3.19. The molecule has 4 nitrogen and oxygen atoms in total. The van der Waals surface area contributed by atoms with Gasteiger partial charge in [0.25, 0.3) is 5.56 Å². The Hall–Kier alpha value is -0.790. The highest BCUT2D eigenvalue weighted by molar-refractivity contribution is 9.12. The molecule has 0 saturated carbocycles. The first-order valence-corrected chi connectivity index (χ1v) is 7.39. The number of hydrogen-bond donors (Lipinski definition) is 0. The Morgan fingerprint density at radius 3 is 2.72 bits per heavy atom. The van der Waals surface area contributed by atoms with Gasteiger partial charge in [-0.25, -0.2) is 4.68 Å². The van der Waals surface area contributed by atoms with Gasteiger partial charge in [0.2, 0.25) is 0 Å². The van der Waals surface area contributed by atoms with E-state index in [-0.39, 0.29) is 17.9 Å². The third-order valence-corrected chi connectivity index (χ3v) is 4.60. The summed E-state index contributed by atoms with van der Waals surface area (Å²) in [5, 5.41) is 3.94. The van der Waals surface area contributed by atoms with Crippen molar-refractivity contribution in [3.05, 3.63) is 47.4 Å². The molecular formula is C11H8Br2N2O2S. The Kier molecular flexibility index (Phi) is 4.14. The monoisotopic (exact) mass is 390 g/mol. The topological polar surface area (TPSA) is 52.0 Å². The highest BCUT2D eigenvalue weighted by atomic mass is 79.9. The van der Waals surface area contributed by atoms with Crippen molar-refractivity contribution in [1.82, 2.24) is 9.78 Å². The number of carbonyl (C=O) groups is 1. The second-order valence-electron chi connectivity index (χ2n) is 3.69. The summed E-state index contributed by atoms with van der Waals surface area (Å²) >= 11 is 8.05. The van der Waals surface area contributed by atoms with Crippen LogP contribution in [0.4, 0.5) is 0 Å². The Bertz CT molecular complexity index is 663. The molecule has 2 heterocycles. The molecule has 0 bridgehead atoms. The number of carbonyl (C=O) groups excluding carboxylic acids is 1. The second kappa shape index (κ2) is 5.46. The molecule has 2 rings (SSSR count). The molecule has 0 aliphatic carbocycles. The second-order valence-corrected chi connectivity index (χ2v) is 7.44. The van der Waals surface area contributed by atoms with Crippen molar-refractivity contribution < 1.29 is 4.79 Å². The SMILES string of the molecule is Cc1cnn(CC(=O)c2cc(Br)sc2Br)c(=O)c1. The molecule has 0 aromatic carbocycles. The van der Waals surface area contributed by atoms with Crippen LogP contribution in [0.15, 0.2) is 30.7 Å². The molecule has 18 heavy (non-hydrogen) atoms. The van der Waals surface area contributed by atoms with E-state index in [1.54, 1.807) is 19.2 Å². The van der Waals surface area contributed by atoms with Crippen LogP contribution in [0.5, 0.6) is 0 Å². The van der Waals surface area contributed by atoms with Gasteiger partial charge in [-0.05, 0) is 50.4 Å². The van der Waals surface area contributed by atoms with E-state index in [0.29, 0.717) is 5.56 Å². The first-order chi connectivity index (χ1) is 8.47. The van der Waals surface area contributed by atoms with Crippen molar-refractivity contribution in [2.24, 2.45) is 0 Å². The van der Waals surface area contributed by atoms with Gasteiger partial charge in [-0.1, -0.05) is 0 Å². The van der Waals surface area contributed by atoms with Gasteiger partial charge in [-0.2, -0.15) is 5.10 Å². The van der Waals surface area contributed by atoms with Crippen LogP contribution < -0.4 is 5.56 Å². The van der Waals surface area contributed by atoms with E-state index < -0.39 is 0 Å². The predicted molar refractivity (Wildman–Crippen MR) is 77.3 cm³/mol. The Morgan fingerprint density at radius 2 is 2.17 bits per heavy atom. The fourth-order valence-electron chi connectivity index (χ4n) is 1.39. The molecule has 2 aromatic heterocycles. The standard InChI is InChI=1S/C11H8Br2N2O2S/c1-6-2-10(17)15(14-4-6)5-8(16)7-3-9(12)18-11(7)13/h2-4H,5H2,1H3. The molecule has 7 heteroatoms. The Morgan fingerprint density at radius 1 is 1.44 bits per heavy atom. The smallest absolute Gasteiger partial charge is 0.267 e. The molecule has 0 aliphatic rings. The molecule has 0 saturated heterocycles. The number of aromatic nitrogens is 2. The van der Waals surface area contributed by atoms with E-state index in [9.17, 15) is 9.59 Å². The lowest BCUT2D eigenvalue weighted by atomic mass is 10.2. The first-order valence-electron chi connectivity index (χ1n) is 4.99. The van der Waals surface area contributed by atoms with Gasteiger partial charge < -0.3 is 0 Å².